The maximum atomic E-state index is 13.1. The molecule has 1 N–H and O–H groups in total. The second-order valence-electron chi connectivity index (χ2n) is 6.88. The molecule has 0 bridgehead atoms. The van der Waals surface area contributed by atoms with Gasteiger partial charge in [-0.3, -0.25) is 4.79 Å². The van der Waals surface area contributed by atoms with Gasteiger partial charge in [-0.1, -0.05) is 24.3 Å². The summed E-state index contributed by atoms with van der Waals surface area (Å²) in [5.74, 6) is 1.25. The van der Waals surface area contributed by atoms with Crippen LogP contribution in [-0.2, 0) is 26.7 Å². The number of para-hydroxylation sites is 1. The minimum atomic E-state index is -0.140. The Labute approximate surface area is 155 Å². The number of aromatic nitrogens is 4. The van der Waals surface area contributed by atoms with Crippen LogP contribution in [0, 0.1) is 0 Å². The Morgan fingerprint density at radius 2 is 1.89 bits per heavy atom. The summed E-state index contributed by atoms with van der Waals surface area (Å²) in [7, 11) is 2.03. The van der Waals surface area contributed by atoms with E-state index in [0.717, 1.165) is 16.4 Å². The van der Waals surface area contributed by atoms with Crippen LogP contribution >= 0.6 is 0 Å². The standard InChI is InChI=1S/C20H19N5O2/c1-23-16-5-3-2-4-14(16)15-7-6-13(10-17(15)23)20(27)24-8-9-25-18(11-24)21-22-19(25)12-26/h2-7,10,26H,8-9,11-12H2,1H3. The molecule has 2 aromatic heterocycles. The molecule has 5 rings (SSSR count). The lowest BCUT2D eigenvalue weighted by Crippen LogP contribution is -2.38. The molecule has 1 aliphatic heterocycles. The van der Waals surface area contributed by atoms with Crippen molar-refractivity contribution in [1.82, 2.24) is 24.2 Å². The lowest BCUT2D eigenvalue weighted by atomic mass is 10.1. The van der Waals surface area contributed by atoms with Crippen LogP contribution in [0.25, 0.3) is 21.8 Å². The molecule has 7 heteroatoms. The van der Waals surface area contributed by atoms with Crippen molar-refractivity contribution in [2.24, 2.45) is 7.05 Å². The first kappa shape index (κ1) is 16.0. The summed E-state index contributed by atoms with van der Waals surface area (Å²) in [6.45, 7) is 1.43. The fraction of sp³-hybridized carbons (Fsp3) is 0.250. The smallest absolute Gasteiger partial charge is 0.254 e. The predicted molar refractivity (Wildman–Crippen MR) is 101 cm³/mol. The van der Waals surface area contributed by atoms with Gasteiger partial charge in [-0.25, -0.2) is 0 Å². The normalized spacial score (nSPS) is 14.1. The minimum absolute atomic E-state index is 0.0121. The molecule has 0 saturated heterocycles. The summed E-state index contributed by atoms with van der Waals surface area (Å²) in [5.41, 5.74) is 2.87. The van der Waals surface area contributed by atoms with E-state index in [4.69, 9.17) is 0 Å². The molecule has 4 aromatic rings. The third-order valence-electron chi connectivity index (χ3n) is 5.42. The number of hydrogen-bond acceptors (Lipinski definition) is 4. The second kappa shape index (κ2) is 5.92. The van der Waals surface area contributed by atoms with Crippen molar-refractivity contribution in [1.29, 1.82) is 0 Å². The predicted octanol–water partition coefficient (Wildman–Crippen LogP) is 2.07. The van der Waals surface area contributed by atoms with Crippen LogP contribution in [0.4, 0.5) is 0 Å². The number of amides is 1. The number of nitrogens with zero attached hydrogens (tertiary/aromatic N) is 5. The average Bonchev–Trinajstić information content (AvgIpc) is 3.26. The minimum Gasteiger partial charge on any atom is -0.388 e. The zero-order chi connectivity index (χ0) is 18.5. The Bertz CT molecular complexity index is 1190. The van der Waals surface area contributed by atoms with Gasteiger partial charge >= 0.3 is 0 Å². The Morgan fingerprint density at radius 3 is 2.74 bits per heavy atom. The van der Waals surface area contributed by atoms with E-state index in [0.29, 0.717) is 36.8 Å². The van der Waals surface area contributed by atoms with E-state index in [-0.39, 0.29) is 12.5 Å². The summed E-state index contributed by atoms with van der Waals surface area (Å²) >= 11 is 0. The Morgan fingerprint density at radius 1 is 1.07 bits per heavy atom. The largest absolute Gasteiger partial charge is 0.388 e. The van der Waals surface area contributed by atoms with Crippen LogP contribution < -0.4 is 0 Å². The van der Waals surface area contributed by atoms with Crippen molar-refractivity contribution in [3.05, 3.63) is 59.7 Å². The van der Waals surface area contributed by atoms with E-state index in [1.807, 2.05) is 41.9 Å². The highest BCUT2D eigenvalue weighted by molar-refractivity contribution is 6.10. The maximum absolute atomic E-state index is 13.1. The summed E-state index contributed by atoms with van der Waals surface area (Å²) in [5, 5.41) is 19.7. The van der Waals surface area contributed by atoms with E-state index in [1.54, 1.807) is 4.90 Å². The molecule has 7 nitrogen and oxygen atoms in total. The first-order valence-electron chi connectivity index (χ1n) is 8.95. The van der Waals surface area contributed by atoms with Crippen LogP contribution in [-0.4, -0.2) is 41.8 Å². The van der Waals surface area contributed by atoms with Gasteiger partial charge in [0, 0.05) is 47.5 Å². The van der Waals surface area contributed by atoms with E-state index < -0.39 is 0 Å². The van der Waals surface area contributed by atoms with Crippen molar-refractivity contribution >= 4 is 27.7 Å². The molecule has 0 saturated carbocycles. The molecule has 0 fully saturated rings. The van der Waals surface area contributed by atoms with Crippen LogP contribution in [0.3, 0.4) is 0 Å². The third kappa shape index (κ3) is 2.35. The third-order valence-corrected chi connectivity index (χ3v) is 5.42. The van der Waals surface area contributed by atoms with Gasteiger partial charge < -0.3 is 19.1 Å². The van der Waals surface area contributed by atoms with Crippen molar-refractivity contribution in [3.8, 4) is 0 Å². The molecular formula is C20H19N5O2. The van der Waals surface area contributed by atoms with Crippen LogP contribution in [0.5, 0.6) is 0 Å². The number of rotatable bonds is 2. The van der Waals surface area contributed by atoms with Crippen molar-refractivity contribution < 1.29 is 9.90 Å². The van der Waals surface area contributed by atoms with Gasteiger partial charge in [0.15, 0.2) is 11.6 Å². The van der Waals surface area contributed by atoms with Crippen LogP contribution in [0.1, 0.15) is 22.0 Å². The lowest BCUT2D eigenvalue weighted by molar-refractivity contribution is 0.0705. The molecule has 0 spiro atoms. The maximum Gasteiger partial charge on any atom is 0.254 e. The van der Waals surface area contributed by atoms with E-state index in [2.05, 4.69) is 26.9 Å². The van der Waals surface area contributed by atoms with Crippen molar-refractivity contribution in [2.75, 3.05) is 6.54 Å². The summed E-state index contributed by atoms with van der Waals surface area (Å²) in [6.07, 6.45) is 0. The quantitative estimate of drug-likeness (QED) is 0.593. The number of carbonyl (C=O) groups is 1. The second-order valence-corrected chi connectivity index (χ2v) is 6.88. The van der Waals surface area contributed by atoms with Crippen LogP contribution in [0.15, 0.2) is 42.5 Å². The highest BCUT2D eigenvalue weighted by atomic mass is 16.3. The van der Waals surface area contributed by atoms with Gasteiger partial charge in [0.2, 0.25) is 0 Å². The fourth-order valence-corrected chi connectivity index (χ4v) is 3.98. The van der Waals surface area contributed by atoms with Gasteiger partial charge in [-0.2, -0.15) is 0 Å². The van der Waals surface area contributed by atoms with Crippen molar-refractivity contribution in [3.63, 3.8) is 0 Å². The molecule has 2 aromatic carbocycles. The number of aliphatic hydroxyl groups excluding tert-OH is 1. The van der Waals surface area contributed by atoms with Gasteiger partial charge in [-0.15, -0.1) is 10.2 Å². The number of benzene rings is 2. The highest BCUT2D eigenvalue weighted by Crippen LogP contribution is 2.29. The lowest BCUT2D eigenvalue weighted by Gasteiger charge is -2.27. The first-order chi connectivity index (χ1) is 13.2. The van der Waals surface area contributed by atoms with E-state index >= 15 is 0 Å². The summed E-state index contributed by atoms with van der Waals surface area (Å²) < 4.78 is 4.01. The van der Waals surface area contributed by atoms with Gasteiger partial charge in [0.25, 0.3) is 5.91 Å². The molecule has 0 atom stereocenters. The molecular weight excluding hydrogens is 342 g/mol. The molecule has 0 unspecified atom stereocenters. The van der Waals surface area contributed by atoms with Gasteiger partial charge in [-0.05, 0) is 18.2 Å². The van der Waals surface area contributed by atoms with Gasteiger partial charge in [0.05, 0.1) is 6.54 Å². The van der Waals surface area contributed by atoms with Crippen molar-refractivity contribution in [2.45, 2.75) is 19.7 Å². The molecule has 136 valence electrons. The molecule has 1 amide bonds. The SMILES string of the molecule is Cn1c2ccccc2c2ccc(C(=O)N3CCn4c(CO)nnc4C3)cc21. The molecule has 1 aliphatic rings. The number of hydrogen-bond donors (Lipinski definition) is 1. The highest BCUT2D eigenvalue weighted by Gasteiger charge is 2.25. The monoisotopic (exact) mass is 361 g/mol. The zero-order valence-electron chi connectivity index (χ0n) is 15.0. The summed E-state index contributed by atoms with van der Waals surface area (Å²) in [4.78, 5) is 14.9. The Hall–Kier alpha value is -3.19. The van der Waals surface area contributed by atoms with Gasteiger partial charge in [0.1, 0.15) is 6.61 Å². The Balaban J connectivity index is 1.51. The number of carbonyl (C=O) groups excluding carboxylic acids is 1. The topological polar surface area (TPSA) is 76.2 Å². The number of aliphatic hydroxyl groups is 1. The Kier molecular flexibility index (Phi) is 3.51. The molecule has 0 radical (unpaired) electrons. The molecule has 27 heavy (non-hydrogen) atoms. The zero-order valence-corrected chi connectivity index (χ0v) is 15.0. The average molecular weight is 361 g/mol. The molecule has 3 heterocycles. The number of fused-ring (bicyclic) bond motifs is 4. The summed E-state index contributed by atoms with van der Waals surface area (Å²) in [6, 6.07) is 14.2. The first-order valence-corrected chi connectivity index (χ1v) is 8.95. The van der Waals surface area contributed by atoms with E-state index in [1.165, 1.54) is 5.39 Å². The molecule has 0 aliphatic carbocycles. The van der Waals surface area contributed by atoms with E-state index in [9.17, 15) is 9.90 Å². The fourth-order valence-electron chi connectivity index (χ4n) is 3.98. The number of aryl methyl sites for hydroxylation is 1. The van der Waals surface area contributed by atoms with Crippen LogP contribution in [0.2, 0.25) is 0 Å².